The van der Waals surface area contributed by atoms with E-state index in [2.05, 4.69) is 0 Å². The summed E-state index contributed by atoms with van der Waals surface area (Å²) in [5.74, 6) is -1.50. The third-order valence-electron chi connectivity index (χ3n) is 3.21. The third-order valence-corrected chi connectivity index (χ3v) is 4.73. The molecule has 0 aliphatic rings. The van der Waals surface area contributed by atoms with Gasteiger partial charge in [0.05, 0.1) is 5.69 Å². The maximum absolute atomic E-state index is 12.3. The first-order valence-corrected chi connectivity index (χ1v) is 8.14. The molecule has 0 heterocycles. The predicted octanol–water partition coefficient (Wildman–Crippen LogP) is 0.734. The number of nitrogens with one attached hydrogen (secondary N) is 1. The first kappa shape index (κ1) is 16.9. The minimum atomic E-state index is -4.20. The number of carboxylic acids is 1. The summed E-state index contributed by atoms with van der Waals surface area (Å²) in [5, 5.41) is 19.5. The number of carbonyl (C=O) groups is 1. The average molecular weight is 336 g/mol. The first-order valence-electron chi connectivity index (χ1n) is 6.65. The number of nitrogens with two attached hydrogens (primary N) is 1. The molecule has 2 atom stereocenters. The van der Waals surface area contributed by atoms with E-state index in [-0.39, 0.29) is 16.1 Å². The zero-order chi connectivity index (χ0) is 17.0. The van der Waals surface area contributed by atoms with Crippen LogP contribution in [0.25, 0.3) is 0 Å². The van der Waals surface area contributed by atoms with Crippen molar-refractivity contribution < 1.29 is 23.4 Å². The zero-order valence-electron chi connectivity index (χ0n) is 12.0. The molecule has 0 aromatic heterocycles. The van der Waals surface area contributed by atoms with Crippen LogP contribution < -0.4 is 10.5 Å². The molecular formula is C15H16N2O5S. The van der Waals surface area contributed by atoms with Crippen molar-refractivity contribution >= 4 is 21.7 Å². The molecule has 0 amide bonds. The standard InChI is InChI=1S/C15H16N2O5S/c16-11-8-4-5-9-12(11)23(21,22)17-13(15(19)20)14(18)10-6-2-1-3-7-10/h1-9,13-14,17-18H,16H2,(H,19,20). The summed E-state index contributed by atoms with van der Waals surface area (Å²) in [6.45, 7) is 0. The van der Waals surface area contributed by atoms with Crippen LogP contribution in [-0.2, 0) is 14.8 Å². The van der Waals surface area contributed by atoms with Crippen molar-refractivity contribution in [1.29, 1.82) is 0 Å². The average Bonchev–Trinajstić information content (AvgIpc) is 2.53. The molecule has 0 aliphatic carbocycles. The normalized spacial score (nSPS) is 14.1. The van der Waals surface area contributed by atoms with Gasteiger partial charge in [-0.05, 0) is 17.7 Å². The van der Waals surface area contributed by atoms with Crippen LogP contribution in [0, 0.1) is 0 Å². The fourth-order valence-corrected chi connectivity index (χ4v) is 3.38. The number of hydrogen-bond donors (Lipinski definition) is 4. The highest BCUT2D eigenvalue weighted by Crippen LogP contribution is 2.21. The van der Waals surface area contributed by atoms with Gasteiger partial charge in [0, 0.05) is 0 Å². The summed E-state index contributed by atoms with van der Waals surface area (Å²) in [5.41, 5.74) is 5.88. The number of carboxylic acid groups (broad SMARTS) is 1. The van der Waals surface area contributed by atoms with Crippen LogP contribution in [0.4, 0.5) is 5.69 Å². The highest BCUT2D eigenvalue weighted by molar-refractivity contribution is 7.89. The molecule has 0 saturated carbocycles. The Balaban J connectivity index is 2.33. The van der Waals surface area contributed by atoms with E-state index in [9.17, 15) is 23.4 Å². The molecule has 122 valence electrons. The highest BCUT2D eigenvalue weighted by atomic mass is 32.2. The van der Waals surface area contributed by atoms with Crippen LogP contribution in [0.1, 0.15) is 11.7 Å². The van der Waals surface area contributed by atoms with E-state index in [4.69, 9.17) is 5.73 Å². The van der Waals surface area contributed by atoms with Crippen molar-refractivity contribution in [1.82, 2.24) is 4.72 Å². The molecule has 0 bridgehead atoms. The number of benzene rings is 2. The molecule has 0 radical (unpaired) electrons. The Morgan fingerprint density at radius 2 is 1.61 bits per heavy atom. The van der Waals surface area contributed by atoms with E-state index >= 15 is 0 Å². The topological polar surface area (TPSA) is 130 Å². The fraction of sp³-hybridized carbons (Fsp3) is 0.133. The van der Waals surface area contributed by atoms with Gasteiger partial charge in [0.15, 0.2) is 0 Å². The molecule has 0 saturated heterocycles. The maximum atomic E-state index is 12.3. The lowest BCUT2D eigenvalue weighted by atomic mass is 10.0. The van der Waals surface area contributed by atoms with E-state index in [0.717, 1.165) is 0 Å². The molecule has 0 aliphatic heterocycles. The second-order valence-corrected chi connectivity index (χ2v) is 6.51. The summed E-state index contributed by atoms with van der Waals surface area (Å²) in [7, 11) is -4.20. The molecule has 0 fully saturated rings. The van der Waals surface area contributed by atoms with Gasteiger partial charge in [-0.3, -0.25) is 4.79 Å². The number of aliphatic hydroxyl groups excluding tert-OH is 1. The smallest absolute Gasteiger partial charge is 0.324 e. The van der Waals surface area contributed by atoms with Gasteiger partial charge >= 0.3 is 5.97 Å². The van der Waals surface area contributed by atoms with Gasteiger partial charge in [-0.2, -0.15) is 4.72 Å². The lowest BCUT2D eigenvalue weighted by Crippen LogP contribution is -2.45. The Morgan fingerprint density at radius 3 is 2.17 bits per heavy atom. The molecule has 5 N–H and O–H groups in total. The van der Waals surface area contributed by atoms with Crippen molar-refractivity contribution in [2.45, 2.75) is 17.0 Å². The summed E-state index contributed by atoms with van der Waals surface area (Å²) >= 11 is 0. The summed E-state index contributed by atoms with van der Waals surface area (Å²) in [6.07, 6.45) is -1.55. The second kappa shape index (κ2) is 6.78. The van der Waals surface area contributed by atoms with Gasteiger partial charge in [0.1, 0.15) is 17.0 Å². The van der Waals surface area contributed by atoms with Gasteiger partial charge in [-0.15, -0.1) is 0 Å². The Kier molecular flexibility index (Phi) is 4.99. The minimum Gasteiger partial charge on any atom is -0.480 e. The molecule has 7 nitrogen and oxygen atoms in total. The van der Waals surface area contributed by atoms with Crippen molar-refractivity contribution in [2.24, 2.45) is 0 Å². The molecule has 2 aromatic carbocycles. The van der Waals surface area contributed by atoms with E-state index in [0.29, 0.717) is 0 Å². The number of anilines is 1. The van der Waals surface area contributed by atoms with Gasteiger partial charge in [-0.25, -0.2) is 8.42 Å². The van der Waals surface area contributed by atoms with Crippen LogP contribution in [0.2, 0.25) is 0 Å². The highest BCUT2D eigenvalue weighted by Gasteiger charge is 2.33. The molecule has 2 unspecified atom stereocenters. The number of aliphatic hydroxyl groups is 1. The first-order chi connectivity index (χ1) is 10.8. The number of para-hydroxylation sites is 1. The van der Waals surface area contributed by atoms with Crippen molar-refractivity contribution in [3.63, 3.8) is 0 Å². The van der Waals surface area contributed by atoms with Crippen LogP contribution >= 0.6 is 0 Å². The Bertz CT molecular complexity index is 793. The van der Waals surface area contributed by atoms with Crippen LogP contribution in [-0.4, -0.2) is 30.6 Å². The molecule has 23 heavy (non-hydrogen) atoms. The minimum absolute atomic E-state index is 0.0154. The molecular weight excluding hydrogens is 320 g/mol. The second-order valence-electron chi connectivity index (χ2n) is 4.83. The van der Waals surface area contributed by atoms with Crippen molar-refractivity contribution in [2.75, 3.05) is 5.73 Å². The van der Waals surface area contributed by atoms with Crippen LogP contribution in [0.5, 0.6) is 0 Å². The van der Waals surface area contributed by atoms with Gasteiger partial charge < -0.3 is 15.9 Å². The maximum Gasteiger partial charge on any atom is 0.324 e. The van der Waals surface area contributed by atoms with Crippen LogP contribution in [0.15, 0.2) is 59.5 Å². The molecule has 2 aromatic rings. The molecule has 0 spiro atoms. The number of hydrogen-bond acceptors (Lipinski definition) is 5. The van der Waals surface area contributed by atoms with E-state index in [1.807, 2.05) is 4.72 Å². The lowest BCUT2D eigenvalue weighted by molar-refractivity contribution is -0.141. The third kappa shape index (κ3) is 3.86. The number of nitrogen functional groups attached to an aromatic ring is 1. The van der Waals surface area contributed by atoms with Crippen LogP contribution in [0.3, 0.4) is 0 Å². The van der Waals surface area contributed by atoms with E-state index < -0.39 is 28.1 Å². The number of aliphatic carboxylic acids is 1. The quantitative estimate of drug-likeness (QED) is 0.576. The largest absolute Gasteiger partial charge is 0.480 e. The lowest BCUT2D eigenvalue weighted by Gasteiger charge is -2.21. The predicted molar refractivity (Wildman–Crippen MR) is 84.0 cm³/mol. The number of rotatable bonds is 6. The van der Waals surface area contributed by atoms with Crippen molar-refractivity contribution in [3.8, 4) is 0 Å². The molecule has 8 heteroatoms. The Hall–Kier alpha value is -2.42. The van der Waals surface area contributed by atoms with E-state index in [1.54, 1.807) is 24.3 Å². The van der Waals surface area contributed by atoms with Gasteiger partial charge in [-0.1, -0.05) is 42.5 Å². The van der Waals surface area contributed by atoms with Gasteiger partial charge in [0.2, 0.25) is 10.0 Å². The fourth-order valence-electron chi connectivity index (χ4n) is 2.05. The Labute approximate surface area is 133 Å². The summed E-state index contributed by atoms with van der Waals surface area (Å²) in [6, 6.07) is 11.8. The zero-order valence-corrected chi connectivity index (χ0v) is 12.8. The monoisotopic (exact) mass is 336 g/mol. The van der Waals surface area contributed by atoms with Gasteiger partial charge in [0.25, 0.3) is 0 Å². The SMILES string of the molecule is Nc1ccccc1S(=O)(=O)NC(C(=O)O)C(O)c1ccccc1. The Morgan fingerprint density at radius 1 is 1.04 bits per heavy atom. The summed E-state index contributed by atoms with van der Waals surface area (Å²) in [4.78, 5) is 11.1. The molecule has 2 rings (SSSR count). The van der Waals surface area contributed by atoms with E-state index in [1.165, 1.54) is 30.3 Å². The van der Waals surface area contributed by atoms with Crippen molar-refractivity contribution in [3.05, 3.63) is 60.2 Å². The number of sulfonamides is 1. The summed E-state index contributed by atoms with van der Waals surface area (Å²) < 4.78 is 26.7.